The van der Waals surface area contributed by atoms with Crippen LogP contribution in [-0.4, -0.2) is 41.3 Å². The zero-order chi connectivity index (χ0) is 25.9. The fourth-order valence-electron chi connectivity index (χ4n) is 10.4. The monoisotopic (exact) mass is 514 g/mol. The third-order valence-corrected chi connectivity index (χ3v) is 12.7. The lowest BCUT2D eigenvalue weighted by Gasteiger charge is -2.62. The second-order valence-electron chi connectivity index (χ2n) is 14.2. The van der Waals surface area contributed by atoms with Crippen LogP contribution in [0.2, 0.25) is 0 Å². The van der Waals surface area contributed by atoms with Gasteiger partial charge in [0, 0.05) is 13.2 Å². The molecule has 1 saturated heterocycles. The molecule has 0 aromatic heterocycles. The summed E-state index contributed by atoms with van der Waals surface area (Å²) >= 11 is 0. The van der Waals surface area contributed by atoms with Gasteiger partial charge in [0.2, 0.25) is 0 Å². The summed E-state index contributed by atoms with van der Waals surface area (Å²) < 4.78 is 46.4. The molecule has 4 aliphatic carbocycles. The van der Waals surface area contributed by atoms with Crippen LogP contribution in [-0.2, 0) is 4.74 Å². The molecule has 0 aromatic rings. The minimum Gasteiger partial charge on any atom is -0.393 e. The second-order valence-corrected chi connectivity index (χ2v) is 14.2. The maximum atomic E-state index is 13.6. The molecule has 208 valence electrons. The number of aliphatic hydroxyl groups is 2. The largest absolute Gasteiger partial charge is 0.417 e. The fourth-order valence-corrected chi connectivity index (χ4v) is 10.4. The Bertz CT molecular complexity index is 782. The average molecular weight is 515 g/mol. The first-order chi connectivity index (χ1) is 16.9. The Kier molecular flexibility index (Phi) is 7.34. The minimum absolute atomic E-state index is 0.0220. The number of alkyl halides is 3. The highest BCUT2D eigenvalue weighted by Crippen LogP contribution is 2.69. The summed E-state index contributed by atoms with van der Waals surface area (Å²) in [7, 11) is 0. The molecule has 2 N–H and O–H groups in total. The van der Waals surface area contributed by atoms with Crippen molar-refractivity contribution in [2.45, 2.75) is 122 Å². The van der Waals surface area contributed by atoms with Crippen molar-refractivity contribution in [3.8, 4) is 0 Å². The molecule has 0 bridgehead atoms. The Morgan fingerprint density at radius 3 is 2.25 bits per heavy atom. The Hall–Kier alpha value is -0.330. The van der Waals surface area contributed by atoms with E-state index in [1.807, 2.05) is 0 Å². The van der Waals surface area contributed by atoms with Crippen molar-refractivity contribution in [2.24, 2.45) is 52.3 Å². The van der Waals surface area contributed by atoms with Crippen LogP contribution in [0.1, 0.15) is 104 Å². The molecule has 0 radical (unpaired) electrons. The molecule has 1 aliphatic heterocycles. The van der Waals surface area contributed by atoms with Gasteiger partial charge in [-0.05, 0) is 136 Å². The van der Waals surface area contributed by atoms with Crippen LogP contribution in [0.15, 0.2) is 0 Å². The van der Waals surface area contributed by atoms with E-state index in [9.17, 15) is 23.4 Å². The summed E-state index contributed by atoms with van der Waals surface area (Å²) in [5.74, 6) is 3.42. The van der Waals surface area contributed by atoms with E-state index in [1.165, 1.54) is 19.3 Å². The number of aliphatic hydroxyl groups excluding tert-OH is 1. The van der Waals surface area contributed by atoms with Gasteiger partial charge in [0.1, 0.15) is 0 Å². The van der Waals surface area contributed by atoms with Gasteiger partial charge in [0.25, 0.3) is 0 Å². The van der Waals surface area contributed by atoms with Crippen LogP contribution in [0, 0.1) is 52.3 Å². The van der Waals surface area contributed by atoms with Gasteiger partial charge in [0.05, 0.1) is 6.10 Å². The van der Waals surface area contributed by atoms with Crippen molar-refractivity contribution < 1.29 is 28.1 Å². The van der Waals surface area contributed by atoms with Crippen LogP contribution in [0.5, 0.6) is 0 Å². The highest BCUT2D eigenvalue weighted by molar-refractivity contribution is 5.11. The fraction of sp³-hybridized carbons (Fsp3) is 1.00. The normalized spacial score (nSPS) is 47.5. The lowest BCUT2D eigenvalue weighted by atomic mass is 9.43. The third-order valence-electron chi connectivity index (χ3n) is 12.7. The second kappa shape index (κ2) is 9.70. The van der Waals surface area contributed by atoms with Gasteiger partial charge in [-0.25, -0.2) is 0 Å². The quantitative estimate of drug-likeness (QED) is 0.410. The van der Waals surface area contributed by atoms with E-state index in [2.05, 4.69) is 20.8 Å². The van der Waals surface area contributed by atoms with E-state index in [0.29, 0.717) is 47.3 Å². The molecular weight excluding hydrogens is 465 g/mol. The Morgan fingerprint density at radius 1 is 0.861 bits per heavy atom. The molecular formula is C30H49F3O3. The van der Waals surface area contributed by atoms with Crippen molar-refractivity contribution in [2.75, 3.05) is 13.2 Å². The summed E-state index contributed by atoms with van der Waals surface area (Å²) in [6, 6.07) is 0. The number of halogens is 3. The topological polar surface area (TPSA) is 49.7 Å². The Morgan fingerprint density at radius 2 is 1.56 bits per heavy atom. The summed E-state index contributed by atoms with van der Waals surface area (Å²) in [5, 5.41) is 21.3. The maximum Gasteiger partial charge on any atom is 0.417 e. The number of hydrogen-bond acceptors (Lipinski definition) is 3. The summed E-state index contributed by atoms with van der Waals surface area (Å²) in [4.78, 5) is 0. The predicted molar refractivity (Wildman–Crippen MR) is 134 cm³/mol. The first kappa shape index (κ1) is 27.2. The standard InChI is InChI=1S/C30H49F3O3/c1-19(4-9-26(34)20-11-16-36-17-12-20)23-7-8-24-22-6-5-21-18-29(35,30(31,32)33)15-14-27(21,2)25(22)10-13-28(23,24)3/h19-26,34-35H,4-18H2,1-3H3/t19-,21+,22+,23-,24+,25+,26?,27+,28-,29?/m1/s1. The van der Waals surface area contributed by atoms with Gasteiger partial charge >= 0.3 is 6.18 Å². The van der Waals surface area contributed by atoms with E-state index in [4.69, 9.17) is 4.74 Å². The molecule has 5 fully saturated rings. The molecule has 4 saturated carbocycles. The summed E-state index contributed by atoms with van der Waals surface area (Å²) in [5.41, 5.74) is -2.25. The number of rotatable bonds is 5. The molecule has 1 heterocycles. The maximum absolute atomic E-state index is 13.6. The minimum atomic E-state index is -4.52. The van der Waals surface area contributed by atoms with Gasteiger partial charge in [-0.15, -0.1) is 0 Å². The SMILES string of the molecule is C[C@H](CCC(O)C1CCOCC1)[C@H]1CC[C@H]2[C@@H]3CC[C@H]4CC(O)(C(F)(F)F)CC[C@]4(C)[C@H]3CC[C@]12C. The van der Waals surface area contributed by atoms with Crippen LogP contribution < -0.4 is 0 Å². The van der Waals surface area contributed by atoms with Crippen molar-refractivity contribution in [1.82, 2.24) is 0 Å². The lowest BCUT2D eigenvalue weighted by molar-refractivity contribution is -0.290. The smallest absolute Gasteiger partial charge is 0.393 e. The molecule has 10 atom stereocenters. The Labute approximate surface area is 215 Å². The molecule has 0 amide bonds. The van der Waals surface area contributed by atoms with Gasteiger partial charge in [0.15, 0.2) is 5.60 Å². The molecule has 6 heteroatoms. The molecule has 3 nitrogen and oxygen atoms in total. The zero-order valence-corrected chi connectivity index (χ0v) is 22.7. The highest BCUT2D eigenvalue weighted by Gasteiger charge is 2.65. The Balaban J connectivity index is 1.23. The van der Waals surface area contributed by atoms with Crippen LogP contribution in [0.3, 0.4) is 0 Å². The molecule has 0 spiro atoms. The van der Waals surface area contributed by atoms with Gasteiger partial charge < -0.3 is 14.9 Å². The van der Waals surface area contributed by atoms with Crippen LogP contribution >= 0.6 is 0 Å². The van der Waals surface area contributed by atoms with Crippen molar-refractivity contribution in [3.63, 3.8) is 0 Å². The van der Waals surface area contributed by atoms with Crippen LogP contribution in [0.25, 0.3) is 0 Å². The number of hydrogen-bond donors (Lipinski definition) is 2. The van der Waals surface area contributed by atoms with Gasteiger partial charge in [-0.1, -0.05) is 20.8 Å². The summed E-state index contributed by atoms with van der Waals surface area (Å²) in [6.45, 7) is 8.74. The molecule has 2 unspecified atom stereocenters. The lowest BCUT2D eigenvalue weighted by Crippen LogP contribution is -2.59. The first-order valence-corrected chi connectivity index (χ1v) is 14.9. The van der Waals surface area contributed by atoms with Crippen molar-refractivity contribution in [3.05, 3.63) is 0 Å². The summed E-state index contributed by atoms with van der Waals surface area (Å²) in [6.07, 6.45) is 6.12. The van der Waals surface area contributed by atoms with E-state index in [-0.39, 0.29) is 30.3 Å². The van der Waals surface area contributed by atoms with Crippen LogP contribution in [0.4, 0.5) is 13.2 Å². The van der Waals surface area contributed by atoms with E-state index < -0.39 is 11.8 Å². The van der Waals surface area contributed by atoms with E-state index >= 15 is 0 Å². The first-order valence-electron chi connectivity index (χ1n) is 14.9. The van der Waals surface area contributed by atoms with E-state index in [1.54, 1.807) is 0 Å². The molecule has 5 aliphatic rings. The third kappa shape index (κ3) is 4.47. The van der Waals surface area contributed by atoms with Crippen molar-refractivity contribution in [1.29, 1.82) is 0 Å². The van der Waals surface area contributed by atoms with E-state index in [0.717, 1.165) is 58.2 Å². The van der Waals surface area contributed by atoms with Crippen molar-refractivity contribution >= 4 is 0 Å². The molecule has 5 rings (SSSR count). The zero-order valence-electron chi connectivity index (χ0n) is 22.7. The average Bonchev–Trinajstić information content (AvgIpc) is 3.20. The van der Waals surface area contributed by atoms with Gasteiger partial charge in [-0.2, -0.15) is 13.2 Å². The highest BCUT2D eigenvalue weighted by atomic mass is 19.4. The predicted octanol–water partition coefficient (Wildman–Crippen LogP) is 7.14. The van der Waals surface area contributed by atoms with Gasteiger partial charge in [-0.3, -0.25) is 0 Å². The number of ether oxygens (including phenoxy) is 1. The molecule has 0 aromatic carbocycles. The molecule has 36 heavy (non-hydrogen) atoms. The number of fused-ring (bicyclic) bond motifs is 5.